The number of carbonyl (C=O) groups is 2. The molecule has 0 spiro atoms. The van der Waals surface area contributed by atoms with Crippen LogP contribution in [0, 0.1) is 0 Å². The Morgan fingerprint density at radius 2 is 1.86 bits per heavy atom. The summed E-state index contributed by atoms with van der Waals surface area (Å²) in [6.07, 6.45) is 1.38. The maximum atomic E-state index is 12.6. The second-order valence-electron chi connectivity index (χ2n) is 6.68. The molecule has 28 heavy (non-hydrogen) atoms. The van der Waals surface area contributed by atoms with Crippen LogP contribution in [0.3, 0.4) is 0 Å². The van der Waals surface area contributed by atoms with Gasteiger partial charge in [0, 0.05) is 38.1 Å². The molecule has 2 aromatic rings. The number of hydrogen-bond donors (Lipinski definition) is 1. The minimum Gasteiger partial charge on any atom is -0.450 e. The molecule has 1 aromatic carbocycles. The van der Waals surface area contributed by atoms with Gasteiger partial charge in [0.15, 0.2) is 0 Å². The highest BCUT2D eigenvalue weighted by Gasteiger charge is 2.23. The predicted molar refractivity (Wildman–Crippen MR) is 107 cm³/mol. The van der Waals surface area contributed by atoms with E-state index in [1.54, 1.807) is 24.1 Å². The molecule has 0 radical (unpaired) electrons. The topological polar surface area (TPSA) is 74.8 Å². The summed E-state index contributed by atoms with van der Waals surface area (Å²) >= 11 is 0. The molecule has 1 unspecified atom stereocenters. The first kappa shape index (κ1) is 19.7. The molecular weight excluding hydrogens is 356 g/mol. The number of pyridine rings is 1. The first-order valence-corrected chi connectivity index (χ1v) is 9.57. The van der Waals surface area contributed by atoms with E-state index in [0.717, 1.165) is 11.3 Å². The lowest BCUT2D eigenvalue weighted by molar-refractivity contribution is 0.0934. The van der Waals surface area contributed by atoms with Gasteiger partial charge in [0.2, 0.25) is 0 Å². The molecular formula is C21H26N4O3. The van der Waals surface area contributed by atoms with E-state index in [2.05, 4.69) is 15.2 Å². The Morgan fingerprint density at radius 1 is 1.14 bits per heavy atom. The zero-order valence-corrected chi connectivity index (χ0v) is 16.3. The van der Waals surface area contributed by atoms with E-state index < -0.39 is 0 Å². The van der Waals surface area contributed by atoms with Crippen LogP contribution in [0.1, 0.15) is 35.9 Å². The summed E-state index contributed by atoms with van der Waals surface area (Å²) in [5.41, 5.74) is 2.35. The van der Waals surface area contributed by atoms with E-state index in [-0.39, 0.29) is 18.0 Å². The van der Waals surface area contributed by atoms with Gasteiger partial charge in [0.1, 0.15) is 5.69 Å². The molecule has 7 nitrogen and oxygen atoms in total. The van der Waals surface area contributed by atoms with Crippen molar-refractivity contribution in [3.8, 4) is 0 Å². The summed E-state index contributed by atoms with van der Waals surface area (Å²) in [7, 11) is 0. The van der Waals surface area contributed by atoms with Crippen LogP contribution in [-0.4, -0.2) is 54.7 Å². The molecule has 1 aliphatic heterocycles. The molecule has 1 fully saturated rings. The molecule has 0 aliphatic carbocycles. The molecule has 1 N–H and O–H groups in total. The van der Waals surface area contributed by atoms with Gasteiger partial charge >= 0.3 is 6.09 Å². The lowest BCUT2D eigenvalue weighted by Crippen LogP contribution is -2.49. The quantitative estimate of drug-likeness (QED) is 0.861. The average molecular weight is 382 g/mol. The molecule has 7 heteroatoms. The van der Waals surface area contributed by atoms with Crippen molar-refractivity contribution in [2.75, 3.05) is 37.7 Å². The Labute approximate surface area is 165 Å². The van der Waals surface area contributed by atoms with E-state index in [9.17, 15) is 9.59 Å². The maximum absolute atomic E-state index is 12.6. The molecule has 1 atom stereocenters. The highest BCUT2D eigenvalue weighted by molar-refractivity contribution is 5.93. The Kier molecular flexibility index (Phi) is 6.47. The molecule has 1 saturated heterocycles. The first-order chi connectivity index (χ1) is 13.6. The molecule has 2 amide bonds. The molecule has 1 aromatic heterocycles. The smallest absolute Gasteiger partial charge is 0.409 e. The summed E-state index contributed by atoms with van der Waals surface area (Å²) in [4.78, 5) is 32.5. The number of ether oxygens (including phenoxy) is 1. The molecule has 148 valence electrons. The van der Waals surface area contributed by atoms with E-state index in [0.29, 0.717) is 38.5 Å². The minimum atomic E-state index is -0.271. The van der Waals surface area contributed by atoms with Crippen LogP contribution in [0.4, 0.5) is 10.5 Å². The molecule has 0 bridgehead atoms. The summed E-state index contributed by atoms with van der Waals surface area (Å²) in [6.45, 7) is 6.68. The number of carbonyl (C=O) groups excluding carboxylic acids is 2. The van der Waals surface area contributed by atoms with Crippen LogP contribution in [0.5, 0.6) is 0 Å². The average Bonchev–Trinajstić information content (AvgIpc) is 2.74. The van der Waals surface area contributed by atoms with Crippen molar-refractivity contribution in [2.24, 2.45) is 0 Å². The third-order valence-corrected chi connectivity index (χ3v) is 4.79. The zero-order valence-electron chi connectivity index (χ0n) is 16.3. The normalized spacial score (nSPS) is 15.1. The molecule has 1 aliphatic rings. The van der Waals surface area contributed by atoms with Crippen molar-refractivity contribution in [1.29, 1.82) is 0 Å². The SMILES string of the molecule is CCOC(=O)N1CCN(c2ccnc(C(=O)NC(C)c3ccccc3)c2)CC1. The Balaban J connectivity index is 1.61. The summed E-state index contributed by atoms with van der Waals surface area (Å²) < 4.78 is 5.05. The summed E-state index contributed by atoms with van der Waals surface area (Å²) in [6, 6.07) is 13.4. The minimum absolute atomic E-state index is 0.104. The van der Waals surface area contributed by atoms with Crippen molar-refractivity contribution in [2.45, 2.75) is 19.9 Å². The number of amides is 2. The number of nitrogens with one attached hydrogen (secondary N) is 1. The fourth-order valence-electron chi connectivity index (χ4n) is 3.20. The number of piperazine rings is 1. The first-order valence-electron chi connectivity index (χ1n) is 9.57. The number of nitrogens with zero attached hydrogens (tertiary/aromatic N) is 3. The van der Waals surface area contributed by atoms with E-state index >= 15 is 0 Å². The van der Waals surface area contributed by atoms with Gasteiger partial charge in [-0.25, -0.2) is 4.79 Å². The molecule has 0 saturated carbocycles. The number of hydrogen-bond acceptors (Lipinski definition) is 5. The van der Waals surface area contributed by atoms with Crippen LogP contribution >= 0.6 is 0 Å². The zero-order chi connectivity index (χ0) is 19.9. The second-order valence-corrected chi connectivity index (χ2v) is 6.68. The number of aromatic nitrogens is 1. The fraction of sp³-hybridized carbons (Fsp3) is 0.381. The van der Waals surface area contributed by atoms with Gasteiger partial charge in [-0.05, 0) is 31.5 Å². The number of benzene rings is 1. The van der Waals surface area contributed by atoms with Gasteiger partial charge in [0.25, 0.3) is 5.91 Å². The standard InChI is InChI=1S/C21H26N4O3/c1-3-28-21(27)25-13-11-24(12-14-25)18-9-10-22-19(15-18)20(26)23-16(2)17-7-5-4-6-8-17/h4-10,15-16H,3,11-14H2,1-2H3,(H,23,26). The predicted octanol–water partition coefficient (Wildman–Crippen LogP) is 2.85. The van der Waals surface area contributed by atoms with Gasteiger partial charge < -0.3 is 19.9 Å². The third-order valence-electron chi connectivity index (χ3n) is 4.79. The van der Waals surface area contributed by atoms with E-state index in [1.807, 2.05) is 43.3 Å². The highest BCUT2D eigenvalue weighted by Crippen LogP contribution is 2.18. The summed E-state index contributed by atoms with van der Waals surface area (Å²) in [5, 5.41) is 2.99. The van der Waals surface area contributed by atoms with E-state index in [4.69, 9.17) is 4.74 Å². The van der Waals surface area contributed by atoms with Gasteiger partial charge in [-0.2, -0.15) is 0 Å². The van der Waals surface area contributed by atoms with Crippen LogP contribution < -0.4 is 10.2 Å². The van der Waals surface area contributed by atoms with Crippen LogP contribution in [-0.2, 0) is 4.74 Å². The van der Waals surface area contributed by atoms with Crippen LogP contribution in [0.25, 0.3) is 0 Å². The lowest BCUT2D eigenvalue weighted by atomic mass is 10.1. The van der Waals surface area contributed by atoms with Gasteiger partial charge in [-0.1, -0.05) is 30.3 Å². The molecule has 3 rings (SSSR count). The van der Waals surface area contributed by atoms with Crippen molar-refractivity contribution < 1.29 is 14.3 Å². The van der Waals surface area contributed by atoms with Gasteiger partial charge in [-0.15, -0.1) is 0 Å². The number of rotatable bonds is 5. The van der Waals surface area contributed by atoms with Gasteiger partial charge in [-0.3, -0.25) is 9.78 Å². The number of anilines is 1. The van der Waals surface area contributed by atoms with Crippen molar-refractivity contribution >= 4 is 17.7 Å². The van der Waals surface area contributed by atoms with Crippen molar-refractivity contribution in [3.05, 3.63) is 59.9 Å². The maximum Gasteiger partial charge on any atom is 0.409 e. The Hall–Kier alpha value is -3.09. The highest BCUT2D eigenvalue weighted by atomic mass is 16.6. The lowest BCUT2D eigenvalue weighted by Gasteiger charge is -2.35. The largest absolute Gasteiger partial charge is 0.450 e. The van der Waals surface area contributed by atoms with Crippen LogP contribution in [0.15, 0.2) is 48.7 Å². The van der Waals surface area contributed by atoms with Crippen molar-refractivity contribution in [1.82, 2.24) is 15.2 Å². The third kappa shape index (κ3) is 4.79. The summed E-state index contributed by atoms with van der Waals surface area (Å²) in [5.74, 6) is -0.205. The fourth-order valence-corrected chi connectivity index (χ4v) is 3.20. The second kappa shape index (κ2) is 9.21. The van der Waals surface area contributed by atoms with Gasteiger partial charge in [0.05, 0.1) is 12.6 Å². The Bertz CT molecular complexity index is 804. The monoisotopic (exact) mass is 382 g/mol. The molecule has 2 heterocycles. The van der Waals surface area contributed by atoms with Crippen molar-refractivity contribution in [3.63, 3.8) is 0 Å². The Morgan fingerprint density at radius 3 is 2.54 bits per heavy atom. The van der Waals surface area contributed by atoms with Crippen LogP contribution in [0.2, 0.25) is 0 Å². The van der Waals surface area contributed by atoms with E-state index in [1.165, 1.54) is 0 Å².